The van der Waals surface area contributed by atoms with E-state index in [9.17, 15) is 4.79 Å². The van der Waals surface area contributed by atoms with E-state index in [1.165, 1.54) is 0 Å². The highest BCUT2D eigenvalue weighted by molar-refractivity contribution is 7.98. The maximum atomic E-state index is 11.1. The molecule has 0 atom stereocenters. The minimum atomic E-state index is -0.752. The van der Waals surface area contributed by atoms with Crippen LogP contribution >= 0.6 is 11.8 Å². The third kappa shape index (κ3) is 5.09. The summed E-state index contributed by atoms with van der Waals surface area (Å²) >= 11 is 1.70. The highest BCUT2D eigenvalue weighted by Crippen LogP contribution is 1.95. The average molecular weight is 176 g/mol. The molecule has 11 heavy (non-hydrogen) atoms. The number of carbonyl (C=O) groups is 1. The molecular formula is C7H16N2OS. The molecule has 0 aromatic rings. The van der Waals surface area contributed by atoms with E-state index in [0.717, 1.165) is 5.75 Å². The fourth-order valence-corrected chi connectivity index (χ4v) is 0.801. The predicted octanol–water partition coefficient (Wildman–Crippen LogP) is 0.203. The summed E-state index contributed by atoms with van der Waals surface area (Å²) in [6.07, 6.45) is 2.00. The lowest BCUT2D eigenvalue weighted by molar-refractivity contribution is -0.125. The van der Waals surface area contributed by atoms with Gasteiger partial charge in [-0.05, 0) is 20.1 Å². The average Bonchev–Trinajstić information content (AvgIpc) is 1.86. The topological polar surface area (TPSA) is 55.1 Å². The lowest BCUT2D eigenvalue weighted by atomic mass is 10.1. The summed E-state index contributed by atoms with van der Waals surface area (Å²) in [5.41, 5.74) is 4.79. The van der Waals surface area contributed by atoms with E-state index in [-0.39, 0.29) is 5.91 Å². The Bertz CT molecular complexity index is 131. The van der Waals surface area contributed by atoms with Gasteiger partial charge in [-0.25, -0.2) is 0 Å². The van der Waals surface area contributed by atoms with Crippen LogP contribution < -0.4 is 11.1 Å². The number of thioether (sulfide) groups is 1. The molecule has 0 aliphatic rings. The molecule has 0 heterocycles. The Balaban J connectivity index is 3.54. The molecule has 66 valence electrons. The van der Waals surface area contributed by atoms with Crippen molar-refractivity contribution < 1.29 is 4.79 Å². The summed E-state index contributed by atoms with van der Waals surface area (Å²) in [7, 11) is 0. The first-order valence-corrected chi connectivity index (χ1v) is 4.94. The third-order valence-electron chi connectivity index (χ3n) is 1.18. The quantitative estimate of drug-likeness (QED) is 0.602. The minimum Gasteiger partial charge on any atom is -0.354 e. The molecule has 0 aliphatic carbocycles. The van der Waals surface area contributed by atoms with Crippen LogP contribution in [-0.2, 0) is 4.79 Å². The Morgan fingerprint density at radius 2 is 2.18 bits per heavy atom. The van der Waals surface area contributed by atoms with Crippen LogP contribution in [0.1, 0.15) is 13.8 Å². The van der Waals surface area contributed by atoms with Gasteiger partial charge in [0.05, 0.1) is 5.54 Å². The standard InChI is InChI=1S/C7H16N2OS/c1-7(2,8)6(10)9-4-5-11-3/h4-5,8H2,1-3H3,(H,9,10). The summed E-state index contributed by atoms with van der Waals surface area (Å²) in [6, 6.07) is 0. The van der Waals surface area contributed by atoms with Gasteiger partial charge in [-0.15, -0.1) is 0 Å². The molecule has 0 spiro atoms. The highest BCUT2D eigenvalue weighted by Gasteiger charge is 2.20. The van der Waals surface area contributed by atoms with E-state index in [1.54, 1.807) is 25.6 Å². The molecule has 3 N–H and O–H groups in total. The van der Waals surface area contributed by atoms with E-state index in [1.807, 2.05) is 6.26 Å². The van der Waals surface area contributed by atoms with Gasteiger partial charge in [-0.3, -0.25) is 4.79 Å². The van der Waals surface area contributed by atoms with Crippen molar-refractivity contribution in [2.75, 3.05) is 18.6 Å². The molecule has 1 amide bonds. The number of nitrogens with one attached hydrogen (secondary N) is 1. The molecule has 3 nitrogen and oxygen atoms in total. The Labute approximate surface area is 72.1 Å². The van der Waals surface area contributed by atoms with Gasteiger partial charge in [-0.1, -0.05) is 0 Å². The van der Waals surface area contributed by atoms with Gasteiger partial charge >= 0.3 is 0 Å². The lowest BCUT2D eigenvalue weighted by Crippen LogP contribution is -2.49. The summed E-state index contributed by atoms with van der Waals surface area (Å²) in [5, 5.41) is 2.74. The molecule has 0 saturated carbocycles. The van der Waals surface area contributed by atoms with E-state index < -0.39 is 5.54 Å². The van der Waals surface area contributed by atoms with Crippen LogP contribution in [0.15, 0.2) is 0 Å². The SMILES string of the molecule is CSCCNC(=O)C(C)(C)N. The Morgan fingerprint density at radius 1 is 1.64 bits per heavy atom. The van der Waals surface area contributed by atoms with Crippen LogP contribution in [0, 0.1) is 0 Å². The van der Waals surface area contributed by atoms with E-state index >= 15 is 0 Å². The second-order valence-electron chi connectivity index (χ2n) is 2.97. The number of carbonyl (C=O) groups excluding carboxylic acids is 1. The van der Waals surface area contributed by atoms with Crippen LogP contribution in [0.3, 0.4) is 0 Å². The molecule has 0 fully saturated rings. The lowest BCUT2D eigenvalue weighted by Gasteiger charge is -2.17. The summed E-state index contributed by atoms with van der Waals surface area (Å²) in [4.78, 5) is 11.1. The number of hydrogen-bond donors (Lipinski definition) is 2. The number of amides is 1. The normalized spacial score (nSPS) is 11.3. The first-order valence-electron chi connectivity index (χ1n) is 3.54. The van der Waals surface area contributed by atoms with E-state index in [4.69, 9.17) is 5.73 Å². The molecule has 0 aromatic carbocycles. The van der Waals surface area contributed by atoms with Gasteiger partial charge in [-0.2, -0.15) is 11.8 Å². The van der Waals surface area contributed by atoms with Gasteiger partial charge in [0.2, 0.25) is 5.91 Å². The minimum absolute atomic E-state index is 0.0912. The first-order chi connectivity index (χ1) is 4.98. The largest absolute Gasteiger partial charge is 0.354 e. The predicted molar refractivity (Wildman–Crippen MR) is 49.7 cm³/mol. The van der Waals surface area contributed by atoms with Crippen LogP contribution in [0.2, 0.25) is 0 Å². The zero-order chi connectivity index (χ0) is 8.91. The summed E-state index contributed by atoms with van der Waals surface area (Å²) in [6.45, 7) is 4.09. The highest BCUT2D eigenvalue weighted by atomic mass is 32.2. The van der Waals surface area contributed by atoms with Crippen LogP contribution in [0.4, 0.5) is 0 Å². The molecule has 0 bridgehead atoms. The molecule has 0 rings (SSSR count). The van der Waals surface area contributed by atoms with E-state index in [0.29, 0.717) is 6.54 Å². The maximum Gasteiger partial charge on any atom is 0.239 e. The molecule has 0 aromatic heterocycles. The maximum absolute atomic E-state index is 11.1. The van der Waals surface area contributed by atoms with Gasteiger partial charge in [0, 0.05) is 12.3 Å². The Hall–Kier alpha value is -0.220. The number of rotatable bonds is 4. The monoisotopic (exact) mass is 176 g/mol. The van der Waals surface area contributed by atoms with Gasteiger partial charge in [0.1, 0.15) is 0 Å². The zero-order valence-corrected chi connectivity index (χ0v) is 8.12. The van der Waals surface area contributed by atoms with Crippen molar-refractivity contribution in [2.45, 2.75) is 19.4 Å². The molecule has 0 aliphatic heterocycles. The zero-order valence-electron chi connectivity index (χ0n) is 7.31. The molecule has 0 radical (unpaired) electrons. The van der Waals surface area contributed by atoms with E-state index in [2.05, 4.69) is 5.32 Å². The number of nitrogens with two attached hydrogens (primary N) is 1. The van der Waals surface area contributed by atoms with Gasteiger partial charge < -0.3 is 11.1 Å². The van der Waals surface area contributed by atoms with Crippen LogP contribution in [-0.4, -0.2) is 30.0 Å². The van der Waals surface area contributed by atoms with Crippen LogP contribution in [0.25, 0.3) is 0 Å². The van der Waals surface area contributed by atoms with Gasteiger partial charge in [0.25, 0.3) is 0 Å². The smallest absolute Gasteiger partial charge is 0.239 e. The van der Waals surface area contributed by atoms with Crippen molar-refractivity contribution in [3.05, 3.63) is 0 Å². The second-order valence-corrected chi connectivity index (χ2v) is 3.96. The van der Waals surface area contributed by atoms with Crippen molar-refractivity contribution >= 4 is 17.7 Å². The number of hydrogen-bond acceptors (Lipinski definition) is 3. The fraction of sp³-hybridized carbons (Fsp3) is 0.857. The third-order valence-corrected chi connectivity index (χ3v) is 1.79. The second kappa shape index (κ2) is 4.62. The molecule has 4 heteroatoms. The molecule has 0 saturated heterocycles. The van der Waals surface area contributed by atoms with Crippen molar-refractivity contribution in [3.8, 4) is 0 Å². The first kappa shape index (κ1) is 10.8. The van der Waals surface area contributed by atoms with Crippen molar-refractivity contribution in [2.24, 2.45) is 5.73 Å². The van der Waals surface area contributed by atoms with Crippen molar-refractivity contribution in [1.29, 1.82) is 0 Å². The summed E-state index contributed by atoms with van der Waals surface area (Å²) < 4.78 is 0. The summed E-state index contributed by atoms with van der Waals surface area (Å²) in [5.74, 6) is 0.841. The van der Waals surface area contributed by atoms with Crippen LogP contribution in [0.5, 0.6) is 0 Å². The Morgan fingerprint density at radius 3 is 2.55 bits per heavy atom. The van der Waals surface area contributed by atoms with Crippen molar-refractivity contribution in [3.63, 3.8) is 0 Å². The molecule has 0 unspecified atom stereocenters. The van der Waals surface area contributed by atoms with Crippen molar-refractivity contribution in [1.82, 2.24) is 5.32 Å². The molecular weight excluding hydrogens is 160 g/mol. The fourth-order valence-electron chi connectivity index (χ4n) is 0.494. The Kier molecular flexibility index (Phi) is 4.52. The van der Waals surface area contributed by atoms with Gasteiger partial charge in [0.15, 0.2) is 0 Å².